The average Bonchev–Trinajstić information content (AvgIpc) is 2.55. The van der Waals surface area contributed by atoms with Crippen molar-refractivity contribution in [2.24, 2.45) is 0 Å². The number of carbonyl (C=O) groups is 1. The molecule has 0 spiro atoms. The first-order valence-electron chi connectivity index (χ1n) is 6.98. The molecule has 0 aromatic heterocycles. The predicted octanol–water partition coefficient (Wildman–Crippen LogP) is 2.19. The number of hydrogen-bond acceptors (Lipinski definition) is 3. The summed E-state index contributed by atoms with van der Waals surface area (Å²) in [5.41, 5.74) is 0.897. The van der Waals surface area contributed by atoms with Crippen molar-refractivity contribution in [2.75, 3.05) is 24.6 Å². The van der Waals surface area contributed by atoms with E-state index in [1.807, 2.05) is 29.2 Å². The van der Waals surface area contributed by atoms with Gasteiger partial charge in [0.05, 0.1) is 18.7 Å². The first-order chi connectivity index (χ1) is 9.22. The number of para-hydroxylation sites is 2. The Morgan fingerprint density at radius 1 is 1.42 bits per heavy atom. The van der Waals surface area contributed by atoms with E-state index < -0.39 is 0 Å². The van der Waals surface area contributed by atoms with Crippen LogP contribution in [-0.2, 0) is 4.79 Å². The molecule has 1 aromatic carbocycles. The minimum Gasteiger partial charge on any atom is -0.491 e. The Kier molecular flexibility index (Phi) is 4.80. The zero-order valence-corrected chi connectivity index (χ0v) is 11.7. The van der Waals surface area contributed by atoms with Crippen molar-refractivity contribution in [3.05, 3.63) is 24.3 Å². The zero-order chi connectivity index (χ0) is 13.7. The smallest absolute Gasteiger partial charge is 0.230 e. The van der Waals surface area contributed by atoms with Crippen LogP contribution in [0.15, 0.2) is 24.3 Å². The van der Waals surface area contributed by atoms with Crippen LogP contribution >= 0.6 is 0 Å². The molecule has 4 heteroatoms. The molecular formula is C15H22N2O2. The highest BCUT2D eigenvalue weighted by molar-refractivity contribution is 5.95. The van der Waals surface area contributed by atoms with Gasteiger partial charge in [0, 0.05) is 12.6 Å². The Labute approximate surface area is 114 Å². The number of ether oxygens (including phenoxy) is 1. The molecule has 0 bridgehead atoms. The van der Waals surface area contributed by atoms with Gasteiger partial charge in [0.1, 0.15) is 5.75 Å². The average molecular weight is 262 g/mol. The van der Waals surface area contributed by atoms with Crippen molar-refractivity contribution in [3.8, 4) is 5.75 Å². The third kappa shape index (κ3) is 3.47. The third-order valence-electron chi connectivity index (χ3n) is 3.37. The quantitative estimate of drug-likeness (QED) is 0.884. The van der Waals surface area contributed by atoms with Crippen molar-refractivity contribution in [1.82, 2.24) is 5.32 Å². The van der Waals surface area contributed by atoms with E-state index in [0.29, 0.717) is 19.1 Å². The summed E-state index contributed by atoms with van der Waals surface area (Å²) in [5, 5.41) is 3.37. The van der Waals surface area contributed by atoms with E-state index in [1.165, 1.54) is 0 Å². The molecule has 1 aliphatic rings. The van der Waals surface area contributed by atoms with Crippen LogP contribution in [0.2, 0.25) is 0 Å². The van der Waals surface area contributed by atoms with E-state index >= 15 is 0 Å². The van der Waals surface area contributed by atoms with Crippen molar-refractivity contribution < 1.29 is 9.53 Å². The Morgan fingerprint density at radius 3 is 3.00 bits per heavy atom. The second-order valence-electron chi connectivity index (χ2n) is 4.86. The van der Waals surface area contributed by atoms with Crippen LogP contribution in [0.1, 0.15) is 26.7 Å². The summed E-state index contributed by atoms with van der Waals surface area (Å²) in [6.45, 7) is 6.39. The molecule has 2 rings (SSSR count). The lowest BCUT2D eigenvalue weighted by atomic mass is 10.2. The van der Waals surface area contributed by atoms with Gasteiger partial charge in [-0.2, -0.15) is 0 Å². The SMILES string of the molecule is CCNC(C)CCN1C(=O)CCOc2ccccc21. The zero-order valence-electron chi connectivity index (χ0n) is 11.7. The number of carbonyl (C=O) groups excluding carboxylic acids is 1. The summed E-state index contributed by atoms with van der Waals surface area (Å²) in [5.74, 6) is 0.957. The number of amides is 1. The molecule has 1 aromatic rings. The van der Waals surface area contributed by atoms with Crippen molar-refractivity contribution in [3.63, 3.8) is 0 Å². The minimum absolute atomic E-state index is 0.147. The van der Waals surface area contributed by atoms with Gasteiger partial charge >= 0.3 is 0 Å². The third-order valence-corrected chi connectivity index (χ3v) is 3.37. The van der Waals surface area contributed by atoms with Crippen LogP contribution in [0.4, 0.5) is 5.69 Å². The normalized spacial score (nSPS) is 16.5. The maximum absolute atomic E-state index is 12.2. The number of anilines is 1. The summed E-state index contributed by atoms with van der Waals surface area (Å²) in [6, 6.07) is 8.18. The van der Waals surface area contributed by atoms with Gasteiger partial charge < -0.3 is 15.0 Å². The first kappa shape index (κ1) is 13.9. The van der Waals surface area contributed by atoms with E-state index in [0.717, 1.165) is 30.9 Å². The highest BCUT2D eigenvalue weighted by Gasteiger charge is 2.22. The molecule has 1 heterocycles. The Bertz CT molecular complexity index is 434. The molecule has 1 N–H and O–H groups in total. The van der Waals surface area contributed by atoms with Gasteiger partial charge in [-0.1, -0.05) is 19.1 Å². The number of nitrogens with zero attached hydrogens (tertiary/aromatic N) is 1. The monoisotopic (exact) mass is 262 g/mol. The second kappa shape index (κ2) is 6.57. The lowest BCUT2D eigenvalue weighted by Crippen LogP contribution is -2.35. The van der Waals surface area contributed by atoms with Gasteiger partial charge in [0.15, 0.2) is 0 Å². The molecule has 104 valence electrons. The molecule has 0 saturated carbocycles. The summed E-state index contributed by atoms with van der Waals surface area (Å²) in [4.78, 5) is 14.0. The highest BCUT2D eigenvalue weighted by Crippen LogP contribution is 2.31. The molecule has 0 radical (unpaired) electrons. The summed E-state index contributed by atoms with van der Waals surface area (Å²) in [7, 11) is 0. The number of fused-ring (bicyclic) bond motifs is 1. The van der Waals surface area contributed by atoms with Gasteiger partial charge in [0.2, 0.25) is 5.91 Å². The molecule has 0 saturated heterocycles. The molecule has 0 aliphatic carbocycles. The largest absolute Gasteiger partial charge is 0.491 e. The van der Waals surface area contributed by atoms with Gasteiger partial charge in [-0.05, 0) is 32.0 Å². The van der Waals surface area contributed by atoms with E-state index in [2.05, 4.69) is 19.2 Å². The number of rotatable bonds is 5. The minimum atomic E-state index is 0.147. The van der Waals surface area contributed by atoms with Gasteiger partial charge in [-0.3, -0.25) is 4.79 Å². The number of hydrogen-bond donors (Lipinski definition) is 1. The predicted molar refractivity (Wildman–Crippen MR) is 76.7 cm³/mol. The molecule has 1 amide bonds. The Hall–Kier alpha value is -1.55. The fourth-order valence-corrected chi connectivity index (χ4v) is 2.34. The standard InChI is InChI=1S/C15H22N2O2/c1-3-16-12(2)8-10-17-13-6-4-5-7-14(13)19-11-9-15(17)18/h4-7,12,16H,3,8-11H2,1-2H3. The van der Waals surface area contributed by atoms with Crippen LogP contribution < -0.4 is 15.0 Å². The lowest BCUT2D eigenvalue weighted by Gasteiger charge is -2.23. The fourth-order valence-electron chi connectivity index (χ4n) is 2.34. The maximum Gasteiger partial charge on any atom is 0.230 e. The van der Waals surface area contributed by atoms with Gasteiger partial charge in [-0.15, -0.1) is 0 Å². The fraction of sp³-hybridized carbons (Fsp3) is 0.533. The lowest BCUT2D eigenvalue weighted by molar-refractivity contribution is -0.118. The molecule has 1 aliphatic heterocycles. The molecule has 1 unspecified atom stereocenters. The van der Waals surface area contributed by atoms with E-state index in [4.69, 9.17) is 4.74 Å². The van der Waals surface area contributed by atoms with Crippen molar-refractivity contribution >= 4 is 11.6 Å². The second-order valence-corrected chi connectivity index (χ2v) is 4.86. The highest BCUT2D eigenvalue weighted by atomic mass is 16.5. The molecular weight excluding hydrogens is 240 g/mol. The number of nitrogens with one attached hydrogen (secondary N) is 1. The van der Waals surface area contributed by atoms with Crippen LogP contribution in [-0.4, -0.2) is 31.6 Å². The Morgan fingerprint density at radius 2 is 2.21 bits per heavy atom. The number of benzene rings is 1. The molecule has 1 atom stereocenters. The summed E-state index contributed by atoms with van der Waals surface area (Å²) in [6.07, 6.45) is 1.39. The van der Waals surface area contributed by atoms with Gasteiger partial charge in [0.25, 0.3) is 0 Å². The molecule has 0 fully saturated rings. The van der Waals surface area contributed by atoms with Crippen LogP contribution in [0.25, 0.3) is 0 Å². The molecule has 19 heavy (non-hydrogen) atoms. The van der Waals surface area contributed by atoms with E-state index in [1.54, 1.807) is 0 Å². The van der Waals surface area contributed by atoms with E-state index in [-0.39, 0.29) is 5.91 Å². The van der Waals surface area contributed by atoms with Crippen molar-refractivity contribution in [1.29, 1.82) is 0 Å². The van der Waals surface area contributed by atoms with Crippen molar-refractivity contribution in [2.45, 2.75) is 32.7 Å². The van der Waals surface area contributed by atoms with Crippen LogP contribution in [0.3, 0.4) is 0 Å². The Balaban J connectivity index is 2.10. The summed E-state index contributed by atoms with van der Waals surface area (Å²) >= 11 is 0. The topological polar surface area (TPSA) is 41.6 Å². The molecule has 4 nitrogen and oxygen atoms in total. The summed E-state index contributed by atoms with van der Waals surface area (Å²) < 4.78 is 5.63. The maximum atomic E-state index is 12.2. The van der Waals surface area contributed by atoms with Crippen LogP contribution in [0.5, 0.6) is 5.75 Å². The first-order valence-corrected chi connectivity index (χ1v) is 6.98. The van der Waals surface area contributed by atoms with Gasteiger partial charge in [-0.25, -0.2) is 0 Å². The van der Waals surface area contributed by atoms with Crippen LogP contribution in [0, 0.1) is 0 Å². The van der Waals surface area contributed by atoms with E-state index in [9.17, 15) is 4.79 Å².